The van der Waals surface area contributed by atoms with Crippen LogP contribution in [0.3, 0.4) is 0 Å². The molecule has 7 nitrogen and oxygen atoms in total. The number of nitrogens with one attached hydrogen (secondary N) is 1. The molecule has 0 fully saturated rings. The number of H-pyrrole nitrogens is 1. The fraction of sp³-hybridized carbons (Fsp3) is 0.158. The summed E-state index contributed by atoms with van der Waals surface area (Å²) in [5.41, 5.74) is 2.18. The zero-order chi connectivity index (χ0) is 19.0. The van der Waals surface area contributed by atoms with Crippen LogP contribution >= 0.6 is 0 Å². The Morgan fingerprint density at radius 3 is 2.46 bits per heavy atom. The summed E-state index contributed by atoms with van der Waals surface area (Å²) < 4.78 is 0. The number of carbonyl (C=O) groups excluding carboxylic acids is 1. The van der Waals surface area contributed by atoms with E-state index in [-0.39, 0.29) is 22.6 Å². The molecule has 1 aromatic carbocycles. The second kappa shape index (κ2) is 6.33. The number of aromatic nitrogens is 1. The Balaban J connectivity index is 2.08. The number of aromatic hydroxyl groups is 1. The highest BCUT2D eigenvalue weighted by molar-refractivity contribution is 6.32. The zero-order valence-electron chi connectivity index (χ0n) is 14.5. The highest BCUT2D eigenvalue weighted by Crippen LogP contribution is 2.28. The van der Waals surface area contributed by atoms with E-state index < -0.39 is 11.4 Å². The van der Waals surface area contributed by atoms with Gasteiger partial charge in [0.05, 0.1) is 17.0 Å². The van der Waals surface area contributed by atoms with E-state index in [1.165, 1.54) is 11.1 Å². The first-order chi connectivity index (χ1) is 12.3. The van der Waals surface area contributed by atoms with Crippen molar-refractivity contribution >= 4 is 23.4 Å². The van der Waals surface area contributed by atoms with Gasteiger partial charge in [0.25, 0.3) is 11.5 Å². The van der Waals surface area contributed by atoms with Crippen LogP contribution in [0, 0.1) is 25.2 Å². The van der Waals surface area contributed by atoms with Crippen molar-refractivity contribution in [3.8, 4) is 11.9 Å². The molecule has 1 aliphatic rings. The van der Waals surface area contributed by atoms with Gasteiger partial charge in [-0.25, -0.2) is 0 Å². The quantitative estimate of drug-likeness (QED) is 0.812. The van der Waals surface area contributed by atoms with Crippen LogP contribution in [0.4, 0.5) is 5.69 Å². The molecular weight excluding hydrogens is 332 g/mol. The normalized spacial score (nSPS) is 15.3. The summed E-state index contributed by atoms with van der Waals surface area (Å²) in [7, 11) is 0. The Morgan fingerprint density at radius 1 is 1.19 bits per heavy atom. The lowest BCUT2D eigenvalue weighted by atomic mass is 10.0. The van der Waals surface area contributed by atoms with Crippen LogP contribution in [-0.2, 0) is 4.79 Å². The molecule has 0 saturated heterocycles. The second-order valence-electron chi connectivity index (χ2n) is 6.02. The number of pyridine rings is 1. The van der Waals surface area contributed by atoms with E-state index in [1.54, 1.807) is 26.0 Å². The number of anilines is 1. The Bertz CT molecular complexity index is 1070. The minimum atomic E-state index is -0.672. The van der Waals surface area contributed by atoms with E-state index >= 15 is 0 Å². The molecule has 26 heavy (non-hydrogen) atoms. The number of aryl methyl sites for hydroxylation is 1. The van der Waals surface area contributed by atoms with E-state index in [1.807, 2.05) is 25.1 Å². The first kappa shape index (κ1) is 17.2. The first-order valence-corrected chi connectivity index (χ1v) is 7.87. The summed E-state index contributed by atoms with van der Waals surface area (Å²) in [6.45, 7) is 5.18. The van der Waals surface area contributed by atoms with Crippen LogP contribution in [-0.4, -0.2) is 21.7 Å². The van der Waals surface area contributed by atoms with Crippen molar-refractivity contribution < 1.29 is 9.90 Å². The van der Waals surface area contributed by atoms with Crippen molar-refractivity contribution in [3.63, 3.8) is 0 Å². The van der Waals surface area contributed by atoms with Gasteiger partial charge in [-0.3, -0.25) is 14.6 Å². The van der Waals surface area contributed by atoms with Crippen LogP contribution in [0.5, 0.6) is 5.88 Å². The Labute approximate surface area is 149 Å². The molecule has 0 atom stereocenters. The zero-order valence-corrected chi connectivity index (χ0v) is 14.5. The van der Waals surface area contributed by atoms with Gasteiger partial charge in [0.15, 0.2) is 5.88 Å². The van der Waals surface area contributed by atoms with Crippen LogP contribution in [0.15, 0.2) is 39.7 Å². The lowest BCUT2D eigenvalue weighted by molar-refractivity contribution is -0.114. The maximum Gasteiger partial charge on any atom is 0.280 e. The fourth-order valence-corrected chi connectivity index (χ4v) is 2.72. The van der Waals surface area contributed by atoms with Gasteiger partial charge in [-0.1, -0.05) is 17.7 Å². The molecule has 1 amide bonds. The molecule has 3 rings (SSSR count). The van der Waals surface area contributed by atoms with E-state index in [4.69, 9.17) is 5.26 Å². The van der Waals surface area contributed by atoms with Crippen molar-refractivity contribution in [1.29, 1.82) is 5.26 Å². The number of hydrogen-bond donors (Lipinski definition) is 2. The number of hydrazone groups is 1. The van der Waals surface area contributed by atoms with Gasteiger partial charge < -0.3 is 5.11 Å². The molecule has 0 aliphatic carbocycles. The summed E-state index contributed by atoms with van der Waals surface area (Å²) in [5, 5.41) is 24.7. The summed E-state index contributed by atoms with van der Waals surface area (Å²) in [6.07, 6.45) is 1.44. The smallest absolute Gasteiger partial charge is 0.280 e. The molecular formula is C19H16N4O3. The molecule has 130 valence electrons. The van der Waals surface area contributed by atoms with Crippen LogP contribution in [0.25, 0.3) is 6.08 Å². The van der Waals surface area contributed by atoms with Crippen LogP contribution in [0.1, 0.15) is 29.2 Å². The predicted octanol–water partition coefficient (Wildman–Crippen LogP) is 2.38. The Morgan fingerprint density at radius 2 is 1.85 bits per heavy atom. The number of hydrogen-bond acceptors (Lipinski definition) is 5. The number of benzene rings is 1. The highest BCUT2D eigenvalue weighted by Gasteiger charge is 2.29. The Kier molecular flexibility index (Phi) is 4.18. The molecule has 2 heterocycles. The minimum absolute atomic E-state index is 0.106. The highest BCUT2D eigenvalue weighted by atomic mass is 16.3. The van der Waals surface area contributed by atoms with E-state index in [2.05, 4.69) is 10.1 Å². The standard InChI is InChI=1S/C19H16N4O3/c1-10-4-6-13(7-5-10)23-19(26)15(12(3)22-23)8-14-11(2)16(9-20)18(25)21-17(14)24/h4-8H,1-3H3,(H2,21,24,25)/b15-8-. The van der Waals surface area contributed by atoms with Crippen molar-refractivity contribution in [3.05, 3.63) is 62.4 Å². The maximum atomic E-state index is 12.8. The van der Waals surface area contributed by atoms with E-state index in [9.17, 15) is 14.7 Å². The first-order valence-electron chi connectivity index (χ1n) is 7.87. The van der Waals surface area contributed by atoms with E-state index in [0.29, 0.717) is 17.0 Å². The van der Waals surface area contributed by atoms with Gasteiger partial charge in [-0.15, -0.1) is 0 Å². The third-order valence-corrected chi connectivity index (χ3v) is 4.23. The van der Waals surface area contributed by atoms with Gasteiger partial charge >= 0.3 is 0 Å². The third-order valence-electron chi connectivity index (χ3n) is 4.23. The molecule has 0 bridgehead atoms. The minimum Gasteiger partial charge on any atom is -0.494 e. The van der Waals surface area contributed by atoms with Crippen LogP contribution in [0.2, 0.25) is 0 Å². The molecule has 2 N–H and O–H groups in total. The summed E-state index contributed by atoms with van der Waals surface area (Å²) >= 11 is 0. The lowest BCUT2D eigenvalue weighted by Gasteiger charge is -2.12. The van der Waals surface area contributed by atoms with Gasteiger partial charge in [0, 0.05) is 5.56 Å². The van der Waals surface area contributed by atoms with Gasteiger partial charge in [-0.2, -0.15) is 15.4 Å². The largest absolute Gasteiger partial charge is 0.494 e. The SMILES string of the molecule is CC1=NN(c2ccc(C)cc2)C(=O)/C1=C\c1c(O)[nH]c(=O)c(C#N)c1C. The molecule has 2 aromatic rings. The van der Waals surface area contributed by atoms with Crippen molar-refractivity contribution in [2.24, 2.45) is 5.10 Å². The van der Waals surface area contributed by atoms with Crippen molar-refractivity contribution in [2.45, 2.75) is 20.8 Å². The molecule has 1 aliphatic heterocycles. The summed E-state index contributed by atoms with van der Waals surface area (Å²) in [5.74, 6) is -0.747. The molecule has 0 spiro atoms. The third kappa shape index (κ3) is 2.78. The average molecular weight is 348 g/mol. The van der Waals surface area contributed by atoms with Crippen molar-refractivity contribution in [2.75, 3.05) is 5.01 Å². The average Bonchev–Trinajstić information content (AvgIpc) is 2.87. The maximum absolute atomic E-state index is 12.8. The van der Waals surface area contributed by atoms with Gasteiger partial charge in [0.1, 0.15) is 11.6 Å². The number of rotatable bonds is 2. The summed E-state index contributed by atoms with van der Waals surface area (Å²) in [6, 6.07) is 9.16. The number of nitriles is 1. The number of nitrogens with zero attached hydrogens (tertiary/aromatic N) is 3. The van der Waals surface area contributed by atoms with Crippen molar-refractivity contribution in [1.82, 2.24) is 4.98 Å². The van der Waals surface area contributed by atoms with Gasteiger partial charge in [-0.05, 0) is 44.5 Å². The molecule has 0 saturated carbocycles. The topological polar surface area (TPSA) is 110 Å². The van der Waals surface area contributed by atoms with Gasteiger partial charge in [0.2, 0.25) is 0 Å². The Hall–Kier alpha value is -3.66. The molecule has 7 heteroatoms. The number of amides is 1. The van der Waals surface area contributed by atoms with E-state index in [0.717, 1.165) is 5.56 Å². The number of aromatic amines is 1. The molecule has 0 unspecified atom stereocenters. The molecule has 1 aromatic heterocycles. The van der Waals surface area contributed by atoms with Crippen LogP contribution < -0.4 is 10.6 Å². The number of carbonyl (C=O) groups is 1. The second-order valence-corrected chi connectivity index (χ2v) is 6.02. The lowest BCUT2D eigenvalue weighted by Crippen LogP contribution is -2.21. The molecule has 0 radical (unpaired) electrons. The summed E-state index contributed by atoms with van der Waals surface area (Å²) in [4.78, 5) is 26.7. The monoisotopic (exact) mass is 348 g/mol. The predicted molar refractivity (Wildman–Crippen MR) is 97.9 cm³/mol. The fourth-order valence-electron chi connectivity index (χ4n) is 2.72.